The minimum absolute atomic E-state index is 0.293. The first-order valence-electron chi connectivity index (χ1n) is 7.99. The number of carbonyl (C=O) groups is 2. The molecule has 1 saturated heterocycles. The summed E-state index contributed by atoms with van der Waals surface area (Å²) in [5.41, 5.74) is 7.06. The van der Waals surface area contributed by atoms with E-state index in [0.29, 0.717) is 23.3 Å². The quantitative estimate of drug-likeness (QED) is 0.818. The van der Waals surface area contributed by atoms with E-state index in [1.165, 1.54) is 13.8 Å². The molecule has 1 aliphatic rings. The van der Waals surface area contributed by atoms with E-state index in [0.717, 1.165) is 0 Å². The molecule has 1 unspecified atom stereocenters. The van der Waals surface area contributed by atoms with Crippen molar-refractivity contribution in [2.45, 2.75) is 51.7 Å². The fourth-order valence-corrected chi connectivity index (χ4v) is 3.10. The second-order valence-corrected chi connectivity index (χ2v) is 5.84. The molecular weight excluding hydrogens is 328 g/mol. The number of esters is 2. The molecule has 1 fully saturated rings. The minimum Gasteiger partial charge on any atom is -0.456 e. The van der Waals surface area contributed by atoms with E-state index in [2.05, 4.69) is 9.97 Å². The first-order chi connectivity index (χ1) is 11.9. The van der Waals surface area contributed by atoms with Crippen LogP contribution in [-0.2, 0) is 23.8 Å². The number of pyridine rings is 1. The molecule has 3 heterocycles. The minimum atomic E-state index is -0.793. The number of imidazole rings is 1. The molecule has 2 N–H and O–H groups in total. The number of ether oxygens (including phenoxy) is 3. The summed E-state index contributed by atoms with van der Waals surface area (Å²) in [4.78, 5) is 31.3. The molecule has 3 rings (SSSR count). The third-order valence-corrected chi connectivity index (χ3v) is 4.09. The van der Waals surface area contributed by atoms with Crippen molar-refractivity contribution < 1.29 is 23.8 Å². The number of aromatic nitrogens is 3. The molecule has 1 aliphatic heterocycles. The number of hydrogen-bond acceptors (Lipinski definition) is 8. The lowest BCUT2D eigenvalue weighted by Gasteiger charge is -2.23. The molecule has 0 spiro atoms. The standard InChI is InChI=1S/C16H20N4O5/c1-4-11-13(23-8(2)21)14(24-9(3)22)16(25-11)20-7-19-12-10(20)5-6-18-15(12)17/h5-7,11,13-14,16H,4H2,1-3H3,(H2,17,18)/t11-,13?,14+,16-/m1/s1. The zero-order chi connectivity index (χ0) is 18.1. The predicted molar refractivity (Wildman–Crippen MR) is 87.2 cm³/mol. The summed E-state index contributed by atoms with van der Waals surface area (Å²) in [5.74, 6) is -0.659. The lowest BCUT2D eigenvalue weighted by molar-refractivity contribution is -0.165. The Morgan fingerprint density at radius 3 is 2.56 bits per heavy atom. The van der Waals surface area contributed by atoms with Crippen LogP contribution in [0.3, 0.4) is 0 Å². The van der Waals surface area contributed by atoms with Crippen LogP contribution in [0.2, 0.25) is 0 Å². The highest BCUT2D eigenvalue weighted by atomic mass is 16.6. The van der Waals surface area contributed by atoms with Gasteiger partial charge in [0, 0.05) is 20.0 Å². The first kappa shape index (κ1) is 17.2. The van der Waals surface area contributed by atoms with E-state index in [1.54, 1.807) is 23.2 Å². The largest absolute Gasteiger partial charge is 0.456 e. The van der Waals surface area contributed by atoms with Gasteiger partial charge in [0.1, 0.15) is 11.6 Å². The van der Waals surface area contributed by atoms with Crippen LogP contribution in [-0.4, -0.2) is 44.8 Å². The summed E-state index contributed by atoms with van der Waals surface area (Å²) >= 11 is 0. The zero-order valence-corrected chi connectivity index (χ0v) is 14.2. The van der Waals surface area contributed by atoms with Crippen molar-refractivity contribution in [3.05, 3.63) is 18.6 Å². The molecule has 9 heteroatoms. The molecule has 0 aromatic carbocycles. The molecule has 4 atom stereocenters. The van der Waals surface area contributed by atoms with Crippen molar-refractivity contribution in [1.82, 2.24) is 14.5 Å². The van der Waals surface area contributed by atoms with Crippen molar-refractivity contribution in [3.8, 4) is 0 Å². The number of fused-ring (bicyclic) bond motifs is 1. The van der Waals surface area contributed by atoms with E-state index < -0.39 is 36.5 Å². The van der Waals surface area contributed by atoms with Gasteiger partial charge in [0.05, 0.1) is 11.8 Å². The van der Waals surface area contributed by atoms with Crippen molar-refractivity contribution in [2.24, 2.45) is 0 Å². The van der Waals surface area contributed by atoms with Crippen LogP contribution in [0.25, 0.3) is 11.0 Å². The second-order valence-electron chi connectivity index (χ2n) is 5.84. The van der Waals surface area contributed by atoms with Gasteiger partial charge in [0.25, 0.3) is 0 Å². The maximum Gasteiger partial charge on any atom is 0.303 e. The number of rotatable bonds is 4. The zero-order valence-electron chi connectivity index (χ0n) is 14.2. The van der Waals surface area contributed by atoms with E-state index in [1.807, 2.05) is 6.92 Å². The molecule has 2 aromatic rings. The van der Waals surface area contributed by atoms with Gasteiger partial charge in [-0.2, -0.15) is 0 Å². The summed E-state index contributed by atoms with van der Waals surface area (Å²) < 4.78 is 18.6. The van der Waals surface area contributed by atoms with Crippen molar-refractivity contribution in [3.63, 3.8) is 0 Å². The van der Waals surface area contributed by atoms with Crippen molar-refractivity contribution >= 4 is 28.8 Å². The highest BCUT2D eigenvalue weighted by molar-refractivity contribution is 5.84. The maximum atomic E-state index is 11.6. The van der Waals surface area contributed by atoms with Crippen LogP contribution in [0, 0.1) is 0 Å². The summed E-state index contributed by atoms with van der Waals surface area (Å²) in [5, 5.41) is 0. The SMILES string of the molecule is CC[C@H]1O[C@@H](n2cnc3c(N)nccc32)[C@@H](OC(C)=O)C1OC(C)=O. The summed E-state index contributed by atoms with van der Waals surface area (Å²) in [6.45, 7) is 4.52. The van der Waals surface area contributed by atoms with E-state index in [-0.39, 0.29) is 0 Å². The number of nitrogen functional groups attached to an aromatic ring is 1. The fraction of sp³-hybridized carbons (Fsp3) is 0.500. The highest BCUT2D eigenvalue weighted by Crippen LogP contribution is 2.37. The van der Waals surface area contributed by atoms with Gasteiger partial charge in [-0.25, -0.2) is 9.97 Å². The van der Waals surface area contributed by atoms with Gasteiger partial charge in [-0.05, 0) is 12.5 Å². The van der Waals surface area contributed by atoms with Crippen molar-refractivity contribution in [1.29, 1.82) is 0 Å². The Morgan fingerprint density at radius 1 is 1.24 bits per heavy atom. The van der Waals surface area contributed by atoms with Crippen LogP contribution in [0.5, 0.6) is 0 Å². The molecule has 0 saturated carbocycles. The van der Waals surface area contributed by atoms with Crippen LogP contribution < -0.4 is 5.73 Å². The highest BCUT2D eigenvalue weighted by Gasteiger charge is 2.49. The molecule has 9 nitrogen and oxygen atoms in total. The Hall–Kier alpha value is -2.68. The Morgan fingerprint density at radius 2 is 1.92 bits per heavy atom. The van der Waals surface area contributed by atoms with Crippen molar-refractivity contribution in [2.75, 3.05) is 5.73 Å². The number of nitrogens with zero attached hydrogens (tertiary/aromatic N) is 3. The lowest BCUT2D eigenvalue weighted by atomic mass is 10.1. The van der Waals surface area contributed by atoms with Gasteiger partial charge in [0.15, 0.2) is 24.3 Å². The van der Waals surface area contributed by atoms with Gasteiger partial charge in [-0.3, -0.25) is 14.2 Å². The molecule has 0 amide bonds. The normalized spacial score (nSPS) is 25.9. The van der Waals surface area contributed by atoms with Crippen LogP contribution in [0.15, 0.2) is 18.6 Å². The number of anilines is 1. The van der Waals surface area contributed by atoms with Gasteiger partial charge < -0.3 is 19.9 Å². The number of carbonyl (C=O) groups excluding carboxylic acids is 2. The molecule has 2 aromatic heterocycles. The summed E-state index contributed by atoms with van der Waals surface area (Å²) in [7, 11) is 0. The Labute approximate surface area is 144 Å². The summed E-state index contributed by atoms with van der Waals surface area (Å²) in [6, 6.07) is 1.74. The van der Waals surface area contributed by atoms with Gasteiger partial charge >= 0.3 is 11.9 Å². The maximum absolute atomic E-state index is 11.6. The molecule has 25 heavy (non-hydrogen) atoms. The van der Waals surface area contributed by atoms with Crippen LogP contribution >= 0.6 is 0 Å². The van der Waals surface area contributed by atoms with E-state index in [4.69, 9.17) is 19.9 Å². The lowest BCUT2D eigenvalue weighted by Crippen LogP contribution is -2.38. The molecule has 0 aliphatic carbocycles. The van der Waals surface area contributed by atoms with Gasteiger partial charge in [-0.15, -0.1) is 0 Å². The average molecular weight is 348 g/mol. The topological polar surface area (TPSA) is 119 Å². The molecule has 134 valence electrons. The second kappa shape index (κ2) is 6.67. The Balaban J connectivity index is 2.04. The fourth-order valence-electron chi connectivity index (χ4n) is 3.10. The third-order valence-electron chi connectivity index (χ3n) is 4.09. The van der Waals surface area contributed by atoms with Crippen LogP contribution in [0.1, 0.15) is 33.4 Å². The third kappa shape index (κ3) is 3.14. The Bertz CT molecular complexity index is 805. The van der Waals surface area contributed by atoms with Crippen LogP contribution in [0.4, 0.5) is 5.82 Å². The summed E-state index contributed by atoms with van der Waals surface area (Å²) in [6.07, 6.45) is 1.10. The van der Waals surface area contributed by atoms with E-state index >= 15 is 0 Å². The number of nitrogens with two attached hydrogens (primary N) is 1. The average Bonchev–Trinajstić information content (AvgIpc) is 3.10. The van der Waals surface area contributed by atoms with E-state index in [9.17, 15) is 9.59 Å². The van der Waals surface area contributed by atoms with Gasteiger partial charge in [0.2, 0.25) is 0 Å². The Kier molecular flexibility index (Phi) is 4.58. The predicted octanol–water partition coefficient (Wildman–Crippen LogP) is 1.18. The first-order valence-corrected chi connectivity index (χ1v) is 7.99. The molecule has 0 radical (unpaired) electrons. The number of hydrogen-bond donors (Lipinski definition) is 1. The monoisotopic (exact) mass is 348 g/mol. The van der Waals surface area contributed by atoms with Gasteiger partial charge in [-0.1, -0.05) is 6.92 Å². The smallest absolute Gasteiger partial charge is 0.303 e. The molecular formula is C16H20N4O5. The molecule has 0 bridgehead atoms.